The first kappa shape index (κ1) is 19.6. The lowest BCUT2D eigenvalue weighted by molar-refractivity contribution is -0.505. The monoisotopic (exact) mass is 370 g/mol. The van der Waals surface area contributed by atoms with Crippen molar-refractivity contribution in [2.45, 2.75) is 38.4 Å². The lowest BCUT2D eigenvalue weighted by atomic mass is 9.77. The van der Waals surface area contributed by atoms with Crippen LogP contribution in [0.4, 0.5) is 13.2 Å². The Hall–Kier alpha value is -2.71. The Labute approximate surface area is 147 Å². The van der Waals surface area contributed by atoms with Gasteiger partial charge < -0.3 is 4.74 Å². The Bertz CT molecular complexity index is 799. The van der Waals surface area contributed by atoms with Gasteiger partial charge in [-0.1, -0.05) is 25.1 Å². The molecule has 0 aliphatic carbocycles. The van der Waals surface area contributed by atoms with Gasteiger partial charge in [0, 0.05) is 10.6 Å². The molecule has 0 fully saturated rings. The van der Waals surface area contributed by atoms with Gasteiger partial charge in [-0.25, -0.2) is 4.79 Å². The molecule has 0 saturated carbocycles. The molecular formula is C17H17F3N2O4. The van der Waals surface area contributed by atoms with E-state index in [0.717, 1.165) is 19.2 Å². The molecule has 2 rings (SSSR count). The molecule has 0 aromatic heterocycles. The topological polar surface area (TPSA) is 81.8 Å². The van der Waals surface area contributed by atoms with E-state index in [1.807, 2.05) is 0 Å². The summed E-state index contributed by atoms with van der Waals surface area (Å²) in [6.07, 6.45) is -4.56. The lowest BCUT2D eigenvalue weighted by Gasteiger charge is -2.29. The van der Waals surface area contributed by atoms with Gasteiger partial charge in [0.2, 0.25) is 0 Å². The number of alkyl halides is 3. The molecule has 2 unspecified atom stereocenters. The zero-order valence-electron chi connectivity index (χ0n) is 14.3. The zero-order valence-corrected chi connectivity index (χ0v) is 14.3. The molecule has 0 amide bonds. The number of carbonyl (C=O) groups is 1. The molecule has 1 aliphatic heterocycles. The van der Waals surface area contributed by atoms with Gasteiger partial charge in [0.1, 0.15) is 0 Å². The van der Waals surface area contributed by atoms with Crippen LogP contribution in [-0.2, 0) is 15.7 Å². The van der Waals surface area contributed by atoms with Crippen molar-refractivity contribution < 1.29 is 27.6 Å². The van der Waals surface area contributed by atoms with Crippen molar-refractivity contribution in [3.63, 3.8) is 0 Å². The zero-order chi connectivity index (χ0) is 19.6. The van der Waals surface area contributed by atoms with Crippen LogP contribution in [0.25, 0.3) is 0 Å². The maximum absolute atomic E-state index is 13.5. The van der Waals surface area contributed by atoms with E-state index in [1.54, 1.807) is 6.92 Å². The minimum absolute atomic E-state index is 0.113. The van der Waals surface area contributed by atoms with Gasteiger partial charge in [0.25, 0.3) is 6.04 Å². The fourth-order valence-electron chi connectivity index (χ4n) is 3.19. The Morgan fingerprint density at radius 2 is 1.96 bits per heavy atom. The predicted octanol–water partition coefficient (Wildman–Crippen LogP) is 3.75. The molecule has 9 heteroatoms. The summed E-state index contributed by atoms with van der Waals surface area (Å²) >= 11 is 0. The highest BCUT2D eigenvalue weighted by atomic mass is 19.4. The number of hydrogen-bond acceptors (Lipinski definition) is 5. The SMILES string of the molecule is CCC1=NC(C)=C(C(=O)OC)C(c2ccccc2C(F)(F)F)C1[N+](=O)[O-]. The standard InChI is InChI=1S/C17H17F3N2O4/c1-4-12-15(22(24)25)14(13(9(2)21-12)16(23)26-3)10-7-5-6-8-11(10)17(18,19)20/h5-8,14-15H,4H2,1-3H3. The fraction of sp³-hybridized carbons (Fsp3) is 0.412. The molecule has 1 aromatic rings. The van der Waals surface area contributed by atoms with Crippen molar-refractivity contribution in [3.8, 4) is 0 Å². The van der Waals surface area contributed by atoms with Crippen LogP contribution in [0.3, 0.4) is 0 Å². The lowest BCUT2D eigenvalue weighted by Crippen LogP contribution is -2.41. The van der Waals surface area contributed by atoms with Gasteiger partial charge in [-0.2, -0.15) is 13.2 Å². The molecule has 0 radical (unpaired) electrons. The average Bonchev–Trinajstić information content (AvgIpc) is 2.58. The van der Waals surface area contributed by atoms with Crippen LogP contribution in [0.15, 0.2) is 40.5 Å². The minimum Gasteiger partial charge on any atom is -0.466 e. The minimum atomic E-state index is -4.73. The largest absolute Gasteiger partial charge is 0.466 e. The van der Waals surface area contributed by atoms with Gasteiger partial charge in [-0.05, 0) is 25.0 Å². The Balaban J connectivity index is 2.82. The molecule has 2 atom stereocenters. The Kier molecular flexibility index (Phi) is 5.48. The van der Waals surface area contributed by atoms with E-state index in [-0.39, 0.29) is 29.0 Å². The summed E-state index contributed by atoms with van der Waals surface area (Å²) in [5.74, 6) is -2.38. The number of carbonyl (C=O) groups excluding carboxylic acids is 1. The number of halogens is 3. The molecular weight excluding hydrogens is 353 g/mol. The highest BCUT2D eigenvalue weighted by Crippen LogP contribution is 2.43. The van der Waals surface area contributed by atoms with Crippen LogP contribution < -0.4 is 0 Å². The van der Waals surface area contributed by atoms with Gasteiger partial charge in [0.05, 0.1) is 29.9 Å². The van der Waals surface area contributed by atoms with E-state index >= 15 is 0 Å². The number of allylic oxidation sites excluding steroid dienone is 1. The second-order valence-electron chi connectivity index (χ2n) is 5.74. The van der Waals surface area contributed by atoms with Crippen molar-refractivity contribution in [2.75, 3.05) is 7.11 Å². The third kappa shape index (κ3) is 3.47. The molecule has 6 nitrogen and oxygen atoms in total. The quantitative estimate of drug-likeness (QED) is 0.459. The number of ether oxygens (including phenoxy) is 1. The van der Waals surface area contributed by atoms with Crippen molar-refractivity contribution in [1.29, 1.82) is 0 Å². The van der Waals surface area contributed by atoms with E-state index in [1.165, 1.54) is 19.1 Å². The summed E-state index contributed by atoms with van der Waals surface area (Å²) in [4.78, 5) is 27.3. The fourth-order valence-corrected chi connectivity index (χ4v) is 3.19. The highest BCUT2D eigenvalue weighted by molar-refractivity contribution is 5.99. The summed E-state index contributed by atoms with van der Waals surface area (Å²) in [5, 5.41) is 11.7. The summed E-state index contributed by atoms with van der Waals surface area (Å²) in [6.45, 7) is 3.06. The number of benzene rings is 1. The molecule has 0 bridgehead atoms. The van der Waals surface area contributed by atoms with Crippen LogP contribution in [0.2, 0.25) is 0 Å². The van der Waals surface area contributed by atoms with Gasteiger partial charge in [-0.3, -0.25) is 15.1 Å². The number of nitrogens with zero attached hydrogens (tertiary/aromatic N) is 2. The Morgan fingerprint density at radius 1 is 1.35 bits per heavy atom. The molecule has 1 aliphatic rings. The Morgan fingerprint density at radius 3 is 2.46 bits per heavy atom. The van der Waals surface area contributed by atoms with E-state index < -0.39 is 34.6 Å². The van der Waals surface area contributed by atoms with Crippen LogP contribution in [-0.4, -0.2) is 29.8 Å². The number of hydrogen-bond donors (Lipinski definition) is 0. The second-order valence-corrected chi connectivity index (χ2v) is 5.74. The summed E-state index contributed by atoms with van der Waals surface area (Å²) in [7, 11) is 1.07. The van der Waals surface area contributed by atoms with Crippen LogP contribution >= 0.6 is 0 Å². The number of aliphatic imine (C=N–C) groups is 1. The molecule has 26 heavy (non-hydrogen) atoms. The van der Waals surface area contributed by atoms with E-state index in [4.69, 9.17) is 0 Å². The van der Waals surface area contributed by atoms with Crippen LogP contribution in [0, 0.1) is 10.1 Å². The number of nitro groups is 1. The van der Waals surface area contributed by atoms with Crippen molar-refractivity contribution >= 4 is 11.7 Å². The second kappa shape index (κ2) is 7.27. The maximum atomic E-state index is 13.5. The highest BCUT2D eigenvalue weighted by Gasteiger charge is 2.48. The smallest absolute Gasteiger partial charge is 0.416 e. The molecule has 140 valence electrons. The van der Waals surface area contributed by atoms with E-state index in [2.05, 4.69) is 9.73 Å². The number of esters is 1. The van der Waals surface area contributed by atoms with Crippen LogP contribution in [0.1, 0.15) is 37.3 Å². The first-order chi connectivity index (χ1) is 12.1. The predicted molar refractivity (Wildman–Crippen MR) is 87.4 cm³/mol. The third-order valence-corrected chi connectivity index (χ3v) is 4.27. The first-order valence-corrected chi connectivity index (χ1v) is 7.79. The van der Waals surface area contributed by atoms with E-state index in [0.29, 0.717) is 0 Å². The van der Waals surface area contributed by atoms with Gasteiger partial charge in [-0.15, -0.1) is 0 Å². The third-order valence-electron chi connectivity index (χ3n) is 4.27. The molecule has 0 saturated heterocycles. The summed E-state index contributed by atoms with van der Waals surface area (Å²) in [5.41, 5.74) is -1.37. The normalized spacial score (nSPS) is 20.6. The molecule has 1 heterocycles. The van der Waals surface area contributed by atoms with Crippen molar-refractivity contribution in [3.05, 3.63) is 56.8 Å². The number of methoxy groups -OCH3 is 1. The number of rotatable bonds is 4. The van der Waals surface area contributed by atoms with Gasteiger partial charge in [0.15, 0.2) is 0 Å². The van der Waals surface area contributed by atoms with Gasteiger partial charge >= 0.3 is 12.1 Å². The first-order valence-electron chi connectivity index (χ1n) is 7.79. The van der Waals surface area contributed by atoms with Crippen LogP contribution in [0.5, 0.6) is 0 Å². The summed E-state index contributed by atoms with van der Waals surface area (Å²) < 4.78 is 45.1. The van der Waals surface area contributed by atoms with Crippen molar-refractivity contribution in [2.24, 2.45) is 4.99 Å². The molecule has 0 N–H and O–H groups in total. The average molecular weight is 370 g/mol. The summed E-state index contributed by atoms with van der Waals surface area (Å²) in [6, 6.07) is 2.96. The maximum Gasteiger partial charge on any atom is 0.416 e. The molecule has 1 aromatic carbocycles. The van der Waals surface area contributed by atoms with Crippen molar-refractivity contribution in [1.82, 2.24) is 0 Å². The van der Waals surface area contributed by atoms with E-state index in [9.17, 15) is 28.1 Å². The molecule has 0 spiro atoms.